The lowest BCUT2D eigenvalue weighted by Gasteiger charge is -2.14. The van der Waals surface area contributed by atoms with Gasteiger partial charge in [0, 0.05) is 17.6 Å². The van der Waals surface area contributed by atoms with Crippen LogP contribution in [-0.2, 0) is 17.9 Å². The highest BCUT2D eigenvalue weighted by Crippen LogP contribution is 2.32. The van der Waals surface area contributed by atoms with E-state index in [1.54, 1.807) is 0 Å². The molecule has 2 heterocycles. The smallest absolute Gasteiger partial charge is 0.350 e. The average Bonchev–Trinajstić information content (AvgIpc) is 3.33. The molecular formula is C27H26N4O4. The third-order valence-electron chi connectivity index (χ3n) is 5.95. The lowest BCUT2D eigenvalue weighted by atomic mass is 10.0. The molecule has 2 N–H and O–H groups in total. The highest BCUT2D eigenvalue weighted by atomic mass is 16.7. The SMILES string of the molecule is CC(C)c1ccc(NC(=O)Cn2c(=O)nc(NCc3ccc4c(c3)OCO4)c3ccccc32)cc1. The second-order valence-corrected chi connectivity index (χ2v) is 8.71. The zero-order valence-corrected chi connectivity index (χ0v) is 19.6. The average molecular weight is 471 g/mol. The van der Waals surface area contributed by atoms with Gasteiger partial charge in [0.2, 0.25) is 12.7 Å². The molecule has 0 bridgehead atoms. The monoisotopic (exact) mass is 470 g/mol. The summed E-state index contributed by atoms with van der Waals surface area (Å²) in [5.74, 6) is 1.99. The van der Waals surface area contributed by atoms with E-state index < -0.39 is 5.69 Å². The Bertz CT molecular complexity index is 1440. The predicted molar refractivity (Wildman–Crippen MR) is 135 cm³/mol. The molecule has 3 aromatic carbocycles. The van der Waals surface area contributed by atoms with Gasteiger partial charge >= 0.3 is 5.69 Å². The summed E-state index contributed by atoms with van der Waals surface area (Å²) in [6.45, 7) is 4.76. The number of ether oxygens (including phenoxy) is 2. The fourth-order valence-corrected chi connectivity index (χ4v) is 4.05. The number of fused-ring (bicyclic) bond motifs is 2. The van der Waals surface area contributed by atoms with Gasteiger partial charge in [0.05, 0.1) is 5.52 Å². The summed E-state index contributed by atoms with van der Waals surface area (Å²) in [4.78, 5) is 29.9. The lowest BCUT2D eigenvalue weighted by molar-refractivity contribution is -0.116. The summed E-state index contributed by atoms with van der Waals surface area (Å²) < 4.78 is 12.2. The van der Waals surface area contributed by atoms with E-state index in [-0.39, 0.29) is 19.2 Å². The third kappa shape index (κ3) is 4.82. The number of amides is 1. The van der Waals surface area contributed by atoms with E-state index in [4.69, 9.17) is 9.47 Å². The Morgan fingerprint density at radius 2 is 1.80 bits per heavy atom. The van der Waals surface area contributed by atoms with Gasteiger partial charge < -0.3 is 20.1 Å². The first kappa shape index (κ1) is 22.5. The molecule has 5 rings (SSSR count). The number of nitrogens with zero attached hydrogens (tertiary/aromatic N) is 2. The molecule has 0 saturated carbocycles. The zero-order valence-electron chi connectivity index (χ0n) is 19.6. The van der Waals surface area contributed by atoms with Crippen LogP contribution in [0.1, 0.15) is 30.9 Å². The number of nitrogens with one attached hydrogen (secondary N) is 2. The van der Waals surface area contributed by atoms with Crippen LogP contribution in [0.25, 0.3) is 10.9 Å². The van der Waals surface area contributed by atoms with Gasteiger partial charge in [0.1, 0.15) is 12.4 Å². The Balaban J connectivity index is 1.35. The molecule has 0 radical (unpaired) electrons. The maximum Gasteiger partial charge on any atom is 0.350 e. The van der Waals surface area contributed by atoms with Crippen LogP contribution >= 0.6 is 0 Å². The van der Waals surface area contributed by atoms with Gasteiger partial charge in [-0.05, 0) is 53.4 Å². The van der Waals surface area contributed by atoms with Gasteiger partial charge in [0.15, 0.2) is 11.5 Å². The van der Waals surface area contributed by atoms with Gasteiger partial charge in [-0.1, -0.05) is 44.2 Å². The number of para-hydroxylation sites is 1. The first-order valence-electron chi connectivity index (χ1n) is 11.5. The van der Waals surface area contributed by atoms with E-state index in [0.717, 1.165) is 10.9 Å². The van der Waals surface area contributed by atoms with Crippen LogP contribution in [0.3, 0.4) is 0 Å². The molecule has 178 valence electrons. The zero-order chi connectivity index (χ0) is 24.4. The lowest BCUT2D eigenvalue weighted by Crippen LogP contribution is -2.30. The summed E-state index contributed by atoms with van der Waals surface area (Å²) in [6, 6.07) is 20.8. The Kier molecular flexibility index (Phi) is 6.10. The fraction of sp³-hybridized carbons (Fsp3) is 0.222. The molecule has 35 heavy (non-hydrogen) atoms. The number of aromatic nitrogens is 2. The summed E-state index contributed by atoms with van der Waals surface area (Å²) in [6.07, 6.45) is 0. The molecule has 1 aliphatic heterocycles. The van der Waals surface area contributed by atoms with Crippen LogP contribution in [0, 0.1) is 0 Å². The number of hydrogen-bond donors (Lipinski definition) is 2. The van der Waals surface area contributed by atoms with Gasteiger partial charge in [-0.25, -0.2) is 4.79 Å². The Morgan fingerprint density at radius 1 is 1.03 bits per heavy atom. The highest BCUT2D eigenvalue weighted by molar-refractivity contribution is 5.93. The minimum absolute atomic E-state index is 0.138. The number of hydrogen-bond acceptors (Lipinski definition) is 6. The molecule has 1 amide bonds. The maximum absolute atomic E-state index is 12.9. The topological polar surface area (TPSA) is 94.5 Å². The number of carbonyl (C=O) groups excluding carboxylic acids is 1. The minimum Gasteiger partial charge on any atom is -0.454 e. The number of carbonyl (C=O) groups is 1. The number of anilines is 2. The molecule has 0 spiro atoms. The normalized spacial score (nSPS) is 12.2. The molecule has 1 aromatic heterocycles. The second kappa shape index (κ2) is 9.50. The van der Waals surface area contributed by atoms with Gasteiger partial charge in [-0.2, -0.15) is 4.98 Å². The molecule has 1 aliphatic rings. The quantitative estimate of drug-likeness (QED) is 0.413. The molecule has 8 nitrogen and oxygen atoms in total. The van der Waals surface area contributed by atoms with Crippen molar-refractivity contribution in [1.29, 1.82) is 0 Å². The third-order valence-corrected chi connectivity index (χ3v) is 5.95. The summed E-state index contributed by atoms with van der Waals surface area (Å²) >= 11 is 0. The van der Waals surface area contributed by atoms with Crippen molar-refractivity contribution in [1.82, 2.24) is 9.55 Å². The molecule has 0 fully saturated rings. The van der Waals surface area contributed by atoms with Crippen molar-refractivity contribution in [3.05, 3.63) is 88.3 Å². The highest BCUT2D eigenvalue weighted by Gasteiger charge is 2.15. The summed E-state index contributed by atoms with van der Waals surface area (Å²) in [5.41, 5.74) is 2.98. The van der Waals surface area contributed by atoms with Crippen LogP contribution in [-0.4, -0.2) is 22.3 Å². The van der Waals surface area contributed by atoms with E-state index in [1.807, 2.05) is 66.7 Å². The Hall–Kier alpha value is -4.33. The predicted octanol–water partition coefficient (Wildman–Crippen LogP) is 4.50. The molecule has 8 heteroatoms. The van der Waals surface area contributed by atoms with Crippen LogP contribution in [0.5, 0.6) is 11.5 Å². The number of rotatable bonds is 7. The van der Waals surface area contributed by atoms with Crippen molar-refractivity contribution in [2.45, 2.75) is 32.9 Å². The number of benzene rings is 3. The first-order valence-corrected chi connectivity index (χ1v) is 11.5. The molecule has 0 aliphatic carbocycles. The molecule has 0 saturated heterocycles. The summed E-state index contributed by atoms with van der Waals surface area (Å²) in [5, 5.41) is 6.87. The van der Waals surface area contributed by atoms with Gasteiger partial charge in [-0.3, -0.25) is 9.36 Å². The summed E-state index contributed by atoms with van der Waals surface area (Å²) in [7, 11) is 0. The van der Waals surface area contributed by atoms with Crippen LogP contribution < -0.4 is 25.8 Å². The van der Waals surface area contributed by atoms with Crippen molar-refractivity contribution in [2.24, 2.45) is 0 Å². The van der Waals surface area contributed by atoms with Crippen molar-refractivity contribution < 1.29 is 14.3 Å². The largest absolute Gasteiger partial charge is 0.454 e. The van der Waals surface area contributed by atoms with Crippen LogP contribution in [0.2, 0.25) is 0 Å². The molecule has 4 aromatic rings. The Morgan fingerprint density at radius 3 is 2.60 bits per heavy atom. The van der Waals surface area contributed by atoms with Crippen LogP contribution in [0.15, 0.2) is 71.5 Å². The van der Waals surface area contributed by atoms with Gasteiger partial charge in [0.25, 0.3) is 0 Å². The molecule has 0 atom stereocenters. The van der Waals surface area contributed by atoms with E-state index in [1.165, 1.54) is 10.1 Å². The first-order chi connectivity index (χ1) is 17.0. The van der Waals surface area contributed by atoms with Crippen molar-refractivity contribution >= 4 is 28.3 Å². The molecular weight excluding hydrogens is 444 g/mol. The van der Waals surface area contributed by atoms with Crippen molar-refractivity contribution in [3.8, 4) is 11.5 Å². The van der Waals surface area contributed by atoms with Crippen LogP contribution in [0.4, 0.5) is 11.5 Å². The van der Waals surface area contributed by atoms with E-state index in [9.17, 15) is 9.59 Å². The van der Waals surface area contributed by atoms with Crippen molar-refractivity contribution in [3.63, 3.8) is 0 Å². The van der Waals surface area contributed by atoms with E-state index in [0.29, 0.717) is 41.0 Å². The van der Waals surface area contributed by atoms with Gasteiger partial charge in [-0.15, -0.1) is 0 Å². The fourth-order valence-electron chi connectivity index (χ4n) is 4.05. The maximum atomic E-state index is 12.9. The Labute approximate surface area is 202 Å². The minimum atomic E-state index is -0.498. The van der Waals surface area contributed by atoms with E-state index >= 15 is 0 Å². The van der Waals surface area contributed by atoms with Crippen molar-refractivity contribution in [2.75, 3.05) is 17.4 Å². The van der Waals surface area contributed by atoms with E-state index in [2.05, 4.69) is 29.5 Å². The standard InChI is InChI=1S/C27H26N4O4/c1-17(2)19-8-10-20(11-9-19)29-25(32)15-31-22-6-4-3-5-21(22)26(30-27(31)33)28-14-18-7-12-23-24(13-18)35-16-34-23/h3-13,17H,14-16H2,1-2H3,(H,29,32)(H,28,30,33). The second-order valence-electron chi connectivity index (χ2n) is 8.71. The molecule has 0 unspecified atom stereocenters.